The smallest absolute Gasteiger partial charge is 0.256 e. The summed E-state index contributed by atoms with van der Waals surface area (Å²) < 4.78 is 0. The zero-order valence-corrected chi connectivity index (χ0v) is 16.6. The van der Waals surface area contributed by atoms with Gasteiger partial charge >= 0.3 is 0 Å². The first kappa shape index (κ1) is 18.6. The Labute approximate surface area is 170 Å². The van der Waals surface area contributed by atoms with Gasteiger partial charge in [-0.1, -0.05) is 48.5 Å². The fraction of sp³-hybridized carbons (Fsp3) is 0.208. The molecule has 0 bridgehead atoms. The van der Waals surface area contributed by atoms with Crippen LogP contribution in [0.2, 0.25) is 0 Å². The van der Waals surface area contributed by atoms with E-state index in [1.807, 2.05) is 54.6 Å². The Balaban J connectivity index is 1.47. The van der Waals surface area contributed by atoms with Crippen molar-refractivity contribution >= 4 is 29.0 Å². The molecule has 0 saturated carbocycles. The van der Waals surface area contributed by atoms with Gasteiger partial charge in [0.1, 0.15) is 0 Å². The van der Waals surface area contributed by atoms with E-state index in [-0.39, 0.29) is 5.91 Å². The van der Waals surface area contributed by atoms with E-state index in [2.05, 4.69) is 34.5 Å². The number of hydrogen-bond acceptors (Lipinski definition) is 3. The van der Waals surface area contributed by atoms with Gasteiger partial charge in [-0.15, -0.1) is 11.8 Å². The summed E-state index contributed by atoms with van der Waals surface area (Å²) in [7, 11) is 0. The van der Waals surface area contributed by atoms with Gasteiger partial charge in [0.2, 0.25) is 0 Å². The van der Waals surface area contributed by atoms with Gasteiger partial charge < -0.3 is 10.2 Å². The van der Waals surface area contributed by atoms with Crippen molar-refractivity contribution in [2.45, 2.75) is 23.5 Å². The third-order valence-electron chi connectivity index (χ3n) is 4.94. The Hall–Kier alpha value is -2.72. The SMILES string of the molecule is O=C(Nc1cccc(N2CCCC2)c1)c1ccccc1SCc1ccccc1. The first-order valence-electron chi connectivity index (χ1n) is 9.72. The molecule has 3 nitrogen and oxygen atoms in total. The van der Waals surface area contributed by atoms with Crippen molar-refractivity contribution in [3.05, 3.63) is 90.0 Å². The molecule has 4 heteroatoms. The van der Waals surface area contributed by atoms with E-state index >= 15 is 0 Å². The van der Waals surface area contributed by atoms with Gasteiger partial charge in [0.25, 0.3) is 5.91 Å². The molecule has 28 heavy (non-hydrogen) atoms. The Kier molecular flexibility index (Phi) is 5.98. The van der Waals surface area contributed by atoms with E-state index in [9.17, 15) is 4.79 Å². The fourth-order valence-corrected chi connectivity index (χ4v) is 4.48. The molecule has 1 heterocycles. The summed E-state index contributed by atoms with van der Waals surface area (Å²) in [5.41, 5.74) is 4.00. The summed E-state index contributed by atoms with van der Waals surface area (Å²) in [5.74, 6) is 0.782. The van der Waals surface area contributed by atoms with Crippen LogP contribution in [0.3, 0.4) is 0 Å². The molecule has 1 aliphatic rings. The molecular formula is C24H24N2OS. The van der Waals surface area contributed by atoms with Gasteiger partial charge in [-0.3, -0.25) is 4.79 Å². The lowest BCUT2D eigenvalue weighted by Crippen LogP contribution is -2.18. The minimum atomic E-state index is -0.0604. The monoisotopic (exact) mass is 388 g/mol. The molecule has 0 spiro atoms. The molecule has 3 aromatic rings. The summed E-state index contributed by atoms with van der Waals surface area (Å²) in [6.45, 7) is 2.19. The Bertz CT molecular complexity index is 936. The molecule has 0 atom stereocenters. The topological polar surface area (TPSA) is 32.3 Å². The molecule has 142 valence electrons. The van der Waals surface area contributed by atoms with Gasteiger partial charge in [-0.25, -0.2) is 0 Å². The van der Waals surface area contributed by atoms with Crippen LogP contribution in [-0.4, -0.2) is 19.0 Å². The normalized spacial score (nSPS) is 13.5. The molecular weight excluding hydrogens is 364 g/mol. The summed E-state index contributed by atoms with van der Waals surface area (Å²) in [5, 5.41) is 3.08. The maximum atomic E-state index is 12.9. The standard InChI is InChI=1S/C24H24N2OS/c27-24(25-20-11-8-12-21(17-20)26-15-6-7-16-26)22-13-4-5-14-23(22)28-18-19-9-2-1-3-10-19/h1-5,8-14,17H,6-7,15-16,18H2,(H,25,27). The second-order valence-corrected chi connectivity index (χ2v) is 7.99. The Morgan fingerprint density at radius 3 is 2.46 bits per heavy atom. The zero-order chi connectivity index (χ0) is 19.2. The fourth-order valence-electron chi connectivity index (χ4n) is 3.47. The highest BCUT2D eigenvalue weighted by Crippen LogP contribution is 2.28. The van der Waals surface area contributed by atoms with Gasteiger partial charge in [0.15, 0.2) is 0 Å². The lowest BCUT2D eigenvalue weighted by molar-refractivity contribution is 0.102. The van der Waals surface area contributed by atoms with Crippen LogP contribution >= 0.6 is 11.8 Å². The number of amides is 1. The number of nitrogens with one attached hydrogen (secondary N) is 1. The highest BCUT2D eigenvalue weighted by Gasteiger charge is 2.15. The summed E-state index contributed by atoms with van der Waals surface area (Å²) in [6, 6.07) is 26.3. The van der Waals surface area contributed by atoms with Gasteiger partial charge in [-0.05, 0) is 48.7 Å². The van der Waals surface area contributed by atoms with Crippen LogP contribution in [0.25, 0.3) is 0 Å². The van der Waals surface area contributed by atoms with Crippen molar-refractivity contribution in [3.63, 3.8) is 0 Å². The average Bonchev–Trinajstić information content (AvgIpc) is 3.28. The predicted octanol–water partition coefficient (Wildman–Crippen LogP) is 5.83. The van der Waals surface area contributed by atoms with Crippen LogP contribution in [0.4, 0.5) is 11.4 Å². The quantitative estimate of drug-likeness (QED) is 0.539. The molecule has 1 fully saturated rings. The lowest BCUT2D eigenvalue weighted by atomic mass is 10.2. The van der Waals surface area contributed by atoms with Crippen LogP contribution in [-0.2, 0) is 5.75 Å². The highest BCUT2D eigenvalue weighted by atomic mass is 32.2. The van der Waals surface area contributed by atoms with E-state index in [1.165, 1.54) is 24.1 Å². The van der Waals surface area contributed by atoms with Crippen molar-refractivity contribution in [1.29, 1.82) is 0 Å². The molecule has 4 rings (SSSR count). The van der Waals surface area contributed by atoms with E-state index in [1.54, 1.807) is 11.8 Å². The first-order chi connectivity index (χ1) is 13.8. The van der Waals surface area contributed by atoms with E-state index < -0.39 is 0 Å². The van der Waals surface area contributed by atoms with Crippen molar-refractivity contribution in [1.82, 2.24) is 0 Å². The lowest BCUT2D eigenvalue weighted by Gasteiger charge is -2.18. The second-order valence-electron chi connectivity index (χ2n) is 6.97. The molecule has 1 amide bonds. The van der Waals surface area contributed by atoms with Gasteiger partial charge in [0, 0.05) is 35.1 Å². The number of rotatable bonds is 6. The van der Waals surface area contributed by atoms with Crippen LogP contribution in [0.15, 0.2) is 83.8 Å². The predicted molar refractivity (Wildman–Crippen MR) is 118 cm³/mol. The number of benzene rings is 3. The van der Waals surface area contributed by atoms with E-state index in [4.69, 9.17) is 0 Å². The van der Waals surface area contributed by atoms with Gasteiger partial charge in [-0.2, -0.15) is 0 Å². The van der Waals surface area contributed by atoms with Crippen LogP contribution < -0.4 is 10.2 Å². The summed E-state index contributed by atoms with van der Waals surface area (Å²) >= 11 is 1.69. The molecule has 1 N–H and O–H groups in total. The number of thioether (sulfide) groups is 1. The third-order valence-corrected chi connectivity index (χ3v) is 6.09. The first-order valence-corrected chi connectivity index (χ1v) is 10.7. The maximum absolute atomic E-state index is 12.9. The Morgan fingerprint density at radius 2 is 1.64 bits per heavy atom. The second kappa shape index (κ2) is 8.98. The molecule has 0 aromatic heterocycles. The summed E-state index contributed by atoms with van der Waals surface area (Å²) in [6.07, 6.45) is 2.48. The number of carbonyl (C=O) groups excluding carboxylic acids is 1. The minimum Gasteiger partial charge on any atom is -0.371 e. The Morgan fingerprint density at radius 1 is 0.893 bits per heavy atom. The number of anilines is 2. The van der Waals surface area contributed by atoms with Crippen molar-refractivity contribution in [2.75, 3.05) is 23.3 Å². The van der Waals surface area contributed by atoms with Crippen molar-refractivity contribution in [3.8, 4) is 0 Å². The van der Waals surface area contributed by atoms with Crippen LogP contribution in [0.1, 0.15) is 28.8 Å². The average molecular weight is 389 g/mol. The van der Waals surface area contributed by atoms with Crippen LogP contribution in [0.5, 0.6) is 0 Å². The molecule has 1 aliphatic heterocycles. The number of hydrogen-bond donors (Lipinski definition) is 1. The molecule has 1 saturated heterocycles. The summed E-state index contributed by atoms with van der Waals surface area (Å²) in [4.78, 5) is 16.3. The highest BCUT2D eigenvalue weighted by molar-refractivity contribution is 7.98. The number of nitrogens with zero attached hydrogens (tertiary/aromatic N) is 1. The maximum Gasteiger partial charge on any atom is 0.256 e. The van der Waals surface area contributed by atoms with E-state index in [0.717, 1.165) is 35.0 Å². The van der Waals surface area contributed by atoms with Crippen LogP contribution in [0, 0.1) is 0 Å². The molecule has 0 unspecified atom stereocenters. The largest absolute Gasteiger partial charge is 0.371 e. The van der Waals surface area contributed by atoms with Crippen molar-refractivity contribution in [2.24, 2.45) is 0 Å². The molecule has 0 aliphatic carbocycles. The van der Waals surface area contributed by atoms with E-state index in [0.29, 0.717) is 0 Å². The third kappa shape index (κ3) is 4.57. The molecule has 0 radical (unpaired) electrons. The van der Waals surface area contributed by atoms with Crippen molar-refractivity contribution < 1.29 is 4.79 Å². The minimum absolute atomic E-state index is 0.0604. The van der Waals surface area contributed by atoms with Gasteiger partial charge in [0.05, 0.1) is 5.56 Å². The zero-order valence-electron chi connectivity index (χ0n) is 15.8. The number of carbonyl (C=O) groups is 1. The molecule has 3 aromatic carbocycles.